The van der Waals surface area contributed by atoms with Crippen molar-refractivity contribution in [1.82, 2.24) is 10.6 Å². The summed E-state index contributed by atoms with van der Waals surface area (Å²) < 4.78 is 23.4. The van der Waals surface area contributed by atoms with Crippen LogP contribution in [0.2, 0.25) is 0 Å². The van der Waals surface area contributed by atoms with E-state index in [9.17, 15) is 8.42 Å². The van der Waals surface area contributed by atoms with Crippen LogP contribution in [0.25, 0.3) is 0 Å². The van der Waals surface area contributed by atoms with Gasteiger partial charge in [-0.2, -0.15) is 0 Å². The fourth-order valence-electron chi connectivity index (χ4n) is 2.91. The summed E-state index contributed by atoms with van der Waals surface area (Å²) in [5.41, 5.74) is 4.31. The highest BCUT2D eigenvalue weighted by atomic mass is 127. The molecule has 0 spiro atoms. The largest absolute Gasteiger partial charge is 0.356 e. The van der Waals surface area contributed by atoms with Crippen molar-refractivity contribution in [3.8, 4) is 0 Å². The van der Waals surface area contributed by atoms with Crippen molar-refractivity contribution in [2.75, 3.05) is 19.8 Å². The molecule has 0 heterocycles. The molecule has 0 bridgehead atoms. The molecule has 0 aliphatic rings. The Hall–Kier alpha value is -1.61. The third-order valence-electron chi connectivity index (χ3n) is 4.54. The first-order valence-electron chi connectivity index (χ1n) is 9.01. The molecule has 0 fully saturated rings. The Morgan fingerprint density at radius 2 is 1.71 bits per heavy atom. The lowest BCUT2D eigenvalue weighted by Crippen LogP contribution is -2.38. The molecule has 0 amide bonds. The van der Waals surface area contributed by atoms with Crippen LogP contribution in [0.3, 0.4) is 0 Å². The second-order valence-corrected chi connectivity index (χ2v) is 8.97. The Morgan fingerprint density at radius 3 is 2.25 bits per heavy atom. The number of aryl methyl sites for hydroxylation is 2. The average molecular weight is 515 g/mol. The molecule has 28 heavy (non-hydrogen) atoms. The molecule has 2 aromatic carbocycles. The van der Waals surface area contributed by atoms with Gasteiger partial charge in [0.25, 0.3) is 0 Å². The van der Waals surface area contributed by atoms with E-state index in [1.54, 1.807) is 13.1 Å². The molecule has 0 radical (unpaired) electrons. The van der Waals surface area contributed by atoms with Gasteiger partial charge in [0.1, 0.15) is 0 Å². The van der Waals surface area contributed by atoms with E-state index in [2.05, 4.69) is 53.7 Å². The standard InChI is InChI=1S/C21H29N3O2S.HI/c1-15-6-9-19(10-7-15)17(3)13-23-21(22-4)24-14-18-8-11-20(16(2)12-18)27(5,25)26;/h6-12,17H,13-14H2,1-5H3,(H2,22,23,24);1H. The van der Waals surface area contributed by atoms with Gasteiger partial charge in [-0.3, -0.25) is 4.99 Å². The lowest BCUT2D eigenvalue weighted by atomic mass is 10.0. The molecule has 0 saturated carbocycles. The van der Waals surface area contributed by atoms with E-state index in [0.717, 1.165) is 23.6 Å². The number of benzene rings is 2. The summed E-state index contributed by atoms with van der Waals surface area (Å²) >= 11 is 0. The first kappa shape index (κ1) is 24.4. The van der Waals surface area contributed by atoms with E-state index < -0.39 is 9.84 Å². The second kappa shape index (κ2) is 10.8. The monoisotopic (exact) mass is 515 g/mol. The van der Waals surface area contributed by atoms with Gasteiger partial charge in [0.2, 0.25) is 0 Å². The van der Waals surface area contributed by atoms with Crippen molar-refractivity contribution in [1.29, 1.82) is 0 Å². The van der Waals surface area contributed by atoms with Crippen LogP contribution in [0.5, 0.6) is 0 Å². The number of aliphatic imine (C=N–C) groups is 1. The van der Waals surface area contributed by atoms with E-state index in [0.29, 0.717) is 17.4 Å². The molecule has 2 N–H and O–H groups in total. The number of guanidine groups is 1. The van der Waals surface area contributed by atoms with Gasteiger partial charge in [-0.05, 0) is 42.5 Å². The summed E-state index contributed by atoms with van der Waals surface area (Å²) in [5, 5.41) is 6.62. The van der Waals surface area contributed by atoms with Crippen LogP contribution < -0.4 is 10.6 Å². The lowest BCUT2D eigenvalue weighted by Gasteiger charge is -2.17. The normalized spacial score (nSPS) is 12.8. The second-order valence-electron chi connectivity index (χ2n) is 6.99. The highest BCUT2D eigenvalue weighted by Crippen LogP contribution is 2.17. The number of nitrogens with one attached hydrogen (secondary N) is 2. The number of hydrogen-bond acceptors (Lipinski definition) is 3. The molecular formula is C21H30IN3O2S. The molecule has 5 nitrogen and oxygen atoms in total. The number of halogens is 1. The molecule has 0 saturated heterocycles. The minimum atomic E-state index is -3.19. The first-order chi connectivity index (χ1) is 12.7. The van der Waals surface area contributed by atoms with Crippen LogP contribution in [0, 0.1) is 13.8 Å². The van der Waals surface area contributed by atoms with Crippen molar-refractivity contribution in [2.45, 2.75) is 38.1 Å². The Bertz CT molecular complexity index is 910. The summed E-state index contributed by atoms with van der Waals surface area (Å²) in [6.45, 7) is 7.43. The van der Waals surface area contributed by atoms with Crippen molar-refractivity contribution < 1.29 is 8.42 Å². The Morgan fingerprint density at radius 1 is 1.07 bits per heavy atom. The summed E-state index contributed by atoms with van der Waals surface area (Å²) in [6, 6.07) is 14.0. The van der Waals surface area contributed by atoms with Crippen molar-refractivity contribution >= 4 is 39.8 Å². The maximum Gasteiger partial charge on any atom is 0.191 e. The highest BCUT2D eigenvalue weighted by molar-refractivity contribution is 14.0. The minimum Gasteiger partial charge on any atom is -0.356 e. The zero-order chi connectivity index (χ0) is 20.0. The fraction of sp³-hybridized carbons (Fsp3) is 0.381. The van der Waals surface area contributed by atoms with Crippen LogP contribution in [-0.2, 0) is 16.4 Å². The zero-order valence-corrected chi connectivity index (χ0v) is 20.3. The predicted molar refractivity (Wildman–Crippen MR) is 127 cm³/mol. The quantitative estimate of drug-likeness (QED) is 0.349. The molecule has 154 valence electrons. The highest BCUT2D eigenvalue weighted by Gasteiger charge is 2.11. The van der Waals surface area contributed by atoms with Crippen molar-refractivity contribution in [3.63, 3.8) is 0 Å². The van der Waals surface area contributed by atoms with Crippen LogP contribution in [0.15, 0.2) is 52.4 Å². The van der Waals surface area contributed by atoms with Gasteiger partial charge in [-0.15, -0.1) is 24.0 Å². The third-order valence-corrected chi connectivity index (χ3v) is 5.80. The van der Waals surface area contributed by atoms with E-state index in [-0.39, 0.29) is 24.0 Å². The van der Waals surface area contributed by atoms with Crippen molar-refractivity contribution in [2.24, 2.45) is 4.99 Å². The van der Waals surface area contributed by atoms with E-state index in [1.165, 1.54) is 17.4 Å². The summed E-state index contributed by atoms with van der Waals surface area (Å²) in [6.07, 6.45) is 1.23. The van der Waals surface area contributed by atoms with Crippen LogP contribution in [-0.4, -0.2) is 34.2 Å². The summed E-state index contributed by atoms with van der Waals surface area (Å²) in [5.74, 6) is 1.08. The predicted octanol–water partition coefficient (Wildman–Crippen LogP) is 3.79. The molecule has 2 aromatic rings. The molecule has 1 atom stereocenters. The van der Waals surface area contributed by atoms with Crippen LogP contribution >= 0.6 is 24.0 Å². The number of sulfone groups is 1. The minimum absolute atomic E-state index is 0. The first-order valence-corrected chi connectivity index (χ1v) is 10.9. The van der Waals surface area contributed by atoms with Crippen molar-refractivity contribution in [3.05, 3.63) is 64.7 Å². The lowest BCUT2D eigenvalue weighted by molar-refractivity contribution is 0.601. The molecule has 0 aliphatic heterocycles. The van der Waals surface area contributed by atoms with Gasteiger partial charge in [-0.25, -0.2) is 8.42 Å². The average Bonchev–Trinajstić information content (AvgIpc) is 2.61. The Labute approximate surface area is 186 Å². The van der Waals surface area contributed by atoms with Crippen LogP contribution in [0.1, 0.15) is 35.1 Å². The maximum absolute atomic E-state index is 11.7. The molecule has 0 aromatic heterocycles. The van der Waals surface area contributed by atoms with E-state index in [1.807, 2.05) is 19.1 Å². The number of nitrogens with zero attached hydrogens (tertiary/aromatic N) is 1. The Kier molecular flexibility index (Phi) is 9.43. The molecular weight excluding hydrogens is 485 g/mol. The number of rotatable bonds is 6. The topological polar surface area (TPSA) is 70.6 Å². The molecule has 2 rings (SSSR count). The van der Waals surface area contributed by atoms with E-state index in [4.69, 9.17) is 0 Å². The molecule has 0 aliphatic carbocycles. The maximum atomic E-state index is 11.7. The van der Waals surface area contributed by atoms with Gasteiger partial charge >= 0.3 is 0 Å². The molecule has 1 unspecified atom stereocenters. The van der Waals surface area contributed by atoms with Gasteiger partial charge in [0.05, 0.1) is 4.90 Å². The third kappa shape index (κ3) is 7.09. The van der Waals surface area contributed by atoms with Gasteiger partial charge in [-0.1, -0.05) is 48.9 Å². The van der Waals surface area contributed by atoms with Gasteiger partial charge in [0.15, 0.2) is 15.8 Å². The van der Waals surface area contributed by atoms with Gasteiger partial charge < -0.3 is 10.6 Å². The van der Waals surface area contributed by atoms with Gasteiger partial charge in [0, 0.05) is 26.4 Å². The molecule has 7 heteroatoms. The fourth-order valence-corrected chi connectivity index (χ4v) is 3.87. The Balaban J connectivity index is 0.00000392. The smallest absolute Gasteiger partial charge is 0.191 e. The summed E-state index contributed by atoms with van der Waals surface area (Å²) in [4.78, 5) is 4.64. The summed E-state index contributed by atoms with van der Waals surface area (Å²) in [7, 11) is -1.45. The SMILES string of the molecule is CN=C(NCc1ccc(S(C)(=O)=O)c(C)c1)NCC(C)c1ccc(C)cc1.I. The van der Waals surface area contributed by atoms with Crippen LogP contribution in [0.4, 0.5) is 0 Å². The van der Waals surface area contributed by atoms with E-state index >= 15 is 0 Å². The number of hydrogen-bond donors (Lipinski definition) is 2. The zero-order valence-electron chi connectivity index (χ0n) is 17.1.